The average molecular weight is 745 g/mol. The van der Waals surface area contributed by atoms with Crippen LogP contribution in [-0.4, -0.2) is 63.1 Å². The number of nitrogens with zero attached hydrogens (tertiary/aromatic N) is 1. The number of halogens is 3. The highest BCUT2D eigenvalue weighted by molar-refractivity contribution is 6.12. The Hall–Kier alpha value is -5.65. The Morgan fingerprint density at radius 1 is 0.963 bits per heavy atom. The van der Waals surface area contributed by atoms with Crippen LogP contribution in [0.5, 0.6) is 5.75 Å². The minimum absolute atomic E-state index is 0.0251. The fourth-order valence-corrected chi connectivity index (χ4v) is 7.08. The molecule has 1 N–H and O–H groups in total. The second-order valence-corrected chi connectivity index (χ2v) is 13.5. The highest BCUT2D eigenvalue weighted by Gasteiger charge is 2.50. The van der Waals surface area contributed by atoms with Gasteiger partial charge >= 0.3 is 18.1 Å². The second-order valence-electron chi connectivity index (χ2n) is 13.5. The quantitative estimate of drug-likeness (QED) is 0.197. The molecule has 0 bridgehead atoms. The molecule has 0 radical (unpaired) electrons. The van der Waals surface area contributed by atoms with E-state index in [4.69, 9.17) is 14.2 Å². The Kier molecular flexibility index (Phi) is 12.1. The lowest BCUT2D eigenvalue weighted by Gasteiger charge is -2.33. The van der Waals surface area contributed by atoms with Gasteiger partial charge in [-0.05, 0) is 90.8 Å². The van der Waals surface area contributed by atoms with E-state index in [9.17, 15) is 32.3 Å². The molecule has 5 rings (SSSR count). The SMILES string of the molecule is CCOC(=O)C1(COC(=O)Cc2ccc(NC(=O)c3cccc(OC)c3-c3ccc(C(F)(F)F)cc3)c(C(=O)N(C)C)c2)CCC2=C1C(C)CC=CC=C2. The zero-order chi connectivity index (χ0) is 39.2. The third-order valence-corrected chi connectivity index (χ3v) is 9.66. The molecular weight excluding hydrogens is 701 g/mol. The van der Waals surface area contributed by atoms with Gasteiger partial charge in [0.25, 0.3) is 11.8 Å². The van der Waals surface area contributed by atoms with E-state index in [0.717, 1.165) is 29.7 Å². The number of hydrogen-bond acceptors (Lipinski definition) is 7. The van der Waals surface area contributed by atoms with Gasteiger partial charge in [-0.1, -0.05) is 55.5 Å². The predicted octanol–water partition coefficient (Wildman–Crippen LogP) is 8.21. The number of carbonyl (C=O) groups excluding carboxylic acids is 4. The molecule has 2 aliphatic rings. The molecule has 2 amide bonds. The number of anilines is 1. The van der Waals surface area contributed by atoms with Crippen LogP contribution in [0.2, 0.25) is 0 Å². The van der Waals surface area contributed by atoms with Crippen molar-refractivity contribution in [2.24, 2.45) is 11.3 Å². The standard InChI is InChI=1S/C42H43F3N2O7/c1-6-53-40(51)41(22-21-29-12-9-7-8-11-26(2)37(29)41)25-54-35(48)24-27-15-20-33(32(23-27)39(50)47(3)4)46-38(49)31-13-10-14-34(52-5)36(31)28-16-18-30(19-17-28)42(43,44)45/h7-10,12-20,23,26H,6,11,21-22,24-25H2,1-5H3,(H,46,49). The van der Waals surface area contributed by atoms with Crippen LogP contribution in [0.15, 0.2) is 96.1 Å². The Balaban J connectivity index is 1.39. The summed E-state index contributed by atoms with van der Waals surface area (Å²) in [7, 11) is 4.47. The fraction of sp³-hybridized carbons (Fsp3) is 0.333. The molecule has 0 fully saturated rings. The van der Waals surface area contributed by atoms with Gasteiger partial charge in [-0.2, -0.15) is 13.2 Å². The smallest absolute Gasteiger partial charge is 0.416 e. The number of carbonyl (C=O) groups is 4. The number of methoxy groups -OCH3 is 1. The predicted molar refractivity (Wildman–Crippen MR) is 198 cm³/mol. The average Bonchev–Trinajstić information content (AvgIpc) is 3.51. The number of ether oxygens (including phenoxy) is 3. The second kappa shape index (κ2) is 16.6. The van der Waals surface area contributed by atoms with Crippen LogP contribution in [0.25, 0.3) is 11.1 Å². The number of alkyl halides is 3. The lowest BCUT2D eigenvalue weighted by atomic mass is 9.74. The first-order chi connectivity index (χ1) is 25.7. The number of esters is 2. The van der Waals surface area contributed by atoms with E-state index in [2.05, 4.69) is 5.32 Å². The van der Waals surface area contributed by atoms with Crippen molar-refractivity contribution in [3.05, 3.63) is 118 Å². The molecule has 2 unspecified atom stereocenters. The van der Waals surface area contributed by atoms with E-state index >= 15 is 0 Å². The van der Waals surface area contributed by atoms with Crippen molar-refractivity contribution in [3.8, 4) is 16.9 Å². The van der Waals surface area contributed by atoms with Crippen molar-refractivity contribution < 1.29 is 46.6 Å². The van der Waals surface area contributed by atoms with E-state index in [1.165, 1.54) is 42.3 Å². The molecule has 0 heterocycles. The van der Waals surface area contributed by atoms with Crippen LogP contribution in [0, 0.1) is 11.3 Å². The lowest BCUT2D eigenvalue weighted by molar-refractivity contribution is -0.161. The first-order valence-corrected chi connectivity index (χ1v) is 17.6. The monoisotopic (exact) mass is 744 g/mol. The highest BCUT2D eigenvalue weighted by Crippen LogP contribution is 2.49. The Bertz CT molecular complexity index is 2010. The number of hydrogen-bond donors (Lipinski definition) is 1. The van der Waals surface area contributed by atoms with Gasteiger partial charge in [-0.3, -0.25) is 19.2 Å². The number of allylic oxidation sites excluding steroid dienone is 5. The van der Waals surface area contributed by atoms with Crippen molar-refractivity contribution >= 4 is 29.4 Å². The molecule has 0 aromatic heterocycles. The Labute approximate surface area is 312 Å². The van der Waals surface area contributed by atoms with Gasteiger partial charge in [0.2, 0.25) is 0 Å². The molecule has 0 saturated heterocycles. The first kappa shape index (κ1) is 39.6. The normalized spacial score (nSPS) is 18.0. The van der Waals surface area contributed by atoms with E-state index in [0.29, 0.717) is 24.0 Å². The summed E-state index contributed by atoms with van der Waals surface area (Å²) in [5, 5.41) is 2.77. The van der Waals surface area contributed by atoms with Crippen LogP contribution in [-0.2, 0) is 31.7 Å². The molecule has 0 aliphatic heterocycles. The van der Waals surface area contributed by atoms with E-state index in [1.807, 2.05) is 31.2 Å². The molecule has 54 heavy (non-hydrogen) atoms. The molecule has 3 aromatic carbocycles. The van der Waals surface area contributed by atoms with Crippen LogP contribution in [0.3, 0.4) is 0 Å². The van der Waals surface area contributed by atoms with Gasteiger partial charge in [0.05, 0.1) is 42.5 Å². The van der Waals surface area contributed by atoms with Crippen LogP contribution in [0.4, 0.5) is 18.9 Å². The maximum Gasteiger partial charge on any atom is 0.416 e. The summed E-state index contributed by atoms with van der Waals surface area (Å²) in [6.07, 6.45) is 5.02. The van der Waals surface area contributed by atoms with Crippen molar-refractivity contribution in [3.63, 3.8) is 0 Å². The summed E-state index contributed by atoms with van der Waals surface area (Å²) in [5.41, 5.74) is 1.34. The van der Waals surface area contributed by atoms with Gasteiger partial charge in [0.1, 0.15) is 17.8 Å². The zero-order valence-electron chi connectivity index (χ0n) is 30.8. The van der Waals surface area contributed by atoms with Crippen LogP contribution < -0.4 is 10.1 Å². The van der Waals surface area contributed by atoms with Gasteiger partial charge < -0.3 is 24.4 Å². The summed E-state index contributed by atoms with van der Waals surface area (Å²) in [6.45, 7) is 3.78. The highest BCUT2D eigenvalue weighted by atomic mass is 19.4. The molecular formula is C42H43F3N2O7. The van der Waals surface area contributed by atoms with Crippen molar-refractivity contribution in [1.29, 1.82) is 0 Å². The molecule has 0 saturated carbocycles. The maximum atomic E-state index is 13.8. The van der Waals surface area contributed by atoms with Crippen molar-refractivity contribution in [2.45, 2.75) is 45.7 Å². The molecule has 3 aromatic rings. The fourth-order valence-electron chi connectivity index (χ4n) is 7.08. The molecule has 9 nitrogen and oxygen atoms in total. The molecule has 0 spiro atoms. The zero-order valence-corrected chi connectivity index (χ0v) is 30.8. The lowest BCUT2D eigenvalue weighted by Crippen LogP contribution is -2.40. The molecule has 284 valence electrons. The Morgan fingerprint density at radius 2 is 1.70 bits per heavy atom. The summed E-state index contributed by atoms with van der Waals surface area (Å²) in [6, 6.07) is 13.6. The van der Waals surface area contributed by atoms with Crippen molar-refractivity contribution in [1.82, 2.24) is 4.90 Å². The van der Waals surface area contributed by atoms with E-state index < -0.39 is 40.9 Å². The minimum atomic E-state index is -4.54. The van der Waals surface area contributed by atoms with Gasteiger partial charge in [0.15, 0.2) is 0 Å². The van der Waals surface area contributed by atoms with E-state index in [-0.39, 0.29) is 53.7 Å². The van der Waals surface area contributed by atoms with Crippen LogP contribution >= 0.6 is 0 Å². The first-order valence-electron chi connectivity index (χ1n) is 17.6. The maximum absolute atomic E-state index is 13.8. The number of benzene rings is 3. The summed E-state index contributed by atoms with van der Waals surface area (Å²) >= 11 is 0. The summed E-state index contributed by atoms with van der Waals surface area (Å²) in [5.74, 6) is -1.86. The minimum Gasteiger partial charge on any atom is -0.496 e. The number of rotatable bonds is 11. The van der Waals surface area contributed by atoms with Gasteiger partial charge in [0, 0.05) is 19.7 Å². The number of amides is 2. The van der Waals surface area contributed by atoms with Crippen molar-refractivity contribution in [2.75, 3.05) is 39.7 Å². The third kappa shape index (κ3) is 8.43. The Morgan fingerprint density at radius 3 is 2.37 bits per heavy atom. The van der Waals surface area contributed by atoms with Gasteiger partial charge in [-0.15, -0.1) is 0 Å². The summed E-state index contributed by atoms with van der Waals surface area (Å²) in [4.78, 5) is 55.4. The van der Waals surface area contributed by atoms with E-state index in [1.54, 1.807) is 39.2 Å². The van der Waals surface area contributed by atoms with Crippen LogP contribution in [0.1, 0.15) is 65.0 Å². The third-order valence-electron chi connectivity index (χ3n) is 9.66. The molecule has 2 atom stereocenters. The summed E-state index contributed by atoms with van der Waals surface area (Å²) < 4.78 is 56.6. The topological polar surface area (TPSA) is 111 Å². The number of nitrogens with one attached hydrogen (secondary N) is 1. The largest absolute Gasteiger partial charge is 0.496 e. The van der Waals surface area contributed by atoms with Gasteiger partial charge in [-0.25, -0.2) is 0 Å². The molecule has 2 aliphatic carbocycles. The molecule has 12 heteroatoms.